The van der Waals surface area contributed by atoms with Gasteiger partial charge in [0.2, 0.25) is 0 Å². The summed E-state index contributed by atoms with van der Waals surface area (Å²) < 4.78 is 0. The van der Waals surface area contributed by atoms with E-state index in [1.54, 1.807) is 0 Å². The molecule has 0 spiro atoms. The Morgan fingerprint density at radius 2 is 1.83 bits per heavy atom. The smallest absolute Gasteiger partial charge is 0.110 e. The van der Waals surface area contributed by atoms with E-state index < -0.39 is 0 Å². The van der Waals surface area contributed by atoms with Crippen LogP contribution in [0.5, 0.6) is 0 Å². The first-order valence-electron chi connectivity index (χ1n) is 6.22. The molecule has 90 valence electrons. The molecule has 2 nitrogen and oxygen atoms in total. The van der Waals surface area contributed by atoms with Crippen LogP contribution in [0, 0.1) is 6.92 Å². The molecule has 0 bridgehead atoms. The minimum absolute atomic E-state index is 0.741. The Morgan fingerprint density at radius 3 is 2.67 bits per heavy atom. The van der Waals surface area contributed by atoms with Crippen molar-refractivity contribution >= 4 is 11.9 Å². The highest BCUT2D eigenvalue weighted by atomic mass is 15.2. The maximum atomic E-state index is 4.41. The standard InChI is InChI=1S/C16H16N2/c1-13-6-8-14(9-7-13)11-18-12-17-10-15-4-2-3-5-16(15)18/h2-10H,11-12H2,1H3. The Hall–Kier alpha value is -2.09. The van der Waals surface area contributed by atoms with Crippen LogP contribution in [-0.4, -0.2) is 12.9 Å². The highest BCUT2D eigenvalue weighted by Gasteiger charge is 2.13. The lowest BCUT2D eigenvalue weighted by atomic mass is 10.1. The first-order chi connectivity index (χ1) is 8.83. The summed E-state index contributed by atoms with van der Waals surface area (Å²) in [6, 6.07) is 17.1. The molecule has 0 aliphatic carbocycles. The third kappa shape index (κ3) is 2.14. The number of rotatable bonds is 2. The Labute approximate surface area is 108 Å². The number of aliphatic imine (C=N–C) groups is 1. The van der Waals surface area contributed by atoms with E-state index in [4.69, 9.17) is 0 Å². The van der Waals surface area contributed by atoms with Gasteiger partial charge in [-0.15, -0.1) is 0 Å². The van der Waals surface area contributed by atoms with Crippen LogP contribution in [-0.2, 0) is 6.54 Å². The molecule has 0 N–H and O–H groups in total. The summed E-state index contributed by atoms with van der Waals surface area (Å²) in [5.41, 5.74) is 5.10. The van der Waals surface area contributed by atoms with Gasteiger partial charge in [-0.25, -0.2) is 0 Å². The fourth-order valence-electron chi connectivity index (χ4n) is 2.25. The van der Waals surface area contributed by atoms with E-state index >= 15 is 0 Å². The van der Waals surface area contributed by atoms with Gasteiger partial charge in [0.15, 0.2) is 0 Å². The average molecular weight is 236 g/mol. The van der Waals surface area contributed by atoms with Gasteiger partial charge in [-0.05, 0) is 18.6 Å². The average Bonchev–Trinajstić information content (AvgIpc) is 2.42. The van der Waals surface area contributed by atoms with Gasteiger partial charge in [-0.3, -0.25) is 4.99 Å². The number of fused-ring (bicyclic) bond motifs is 1. The van der Waals surface area contributed by atoms with Crippen LogP contribution in [0.1, 0.15) is 16.7 Å². The lowest BCUT2D eigenvalue weighted by molar-refractivity contribution is 0.805. The molecule has 3 rings (SSSR count). The summed E-state index contributed by atoms with van der Waals surface area (Å²) in [6.07, 6.45) is 1.96. The third-order valence-electron chi connectivity index (χ3n) is 3.25. The van der Waals surface area contributed by atoms with Crippen LogP contribution in [0.4, 0.5) is 5.69 Å². The maximum Gasteiger partial charge on any atom is 0.110 e. The highest BCUT2D eigenvalue weighted by molar-refractivity contribution is 5.89. The van der Waals surface area contributed by atoms with Crippen molar-refractivity contribution in [3.05, 3.63) is 65.2 Å². The minimum Gasteiger partial charge on any atom is -0.347 e. The van der Waals surface area contributed by atoms with Crippen molar-refractivity contribution in [2.24, 2.45) is 4.99 Å². The Balaban J connectivity index is 1.86. The van der Waals surface area contributed by atoms with Crippen LogP contribution in [0.15, 0.2) is 53.5 Å². The van der Waals surface area contributed by atoms with Crippen LogP contribution < -0.4 is 4.90 Å². The first-order valence-corrected chi connectivity index (χ1v) is 6.22. The Morgan fingerprint density at radius 1 is 1.06 bits per heavy atom. The predicted octanol–water partition coefficient (Wildman–Crippen LogP) is 3.39. The Bertz CT molecular complexity index is 570. The molecule has 2 aromatic carbocycles. The first kappa shape index (κ1) is 11.0. The number of benzene rings is 2. The molecular weight excluding hydrogens is 220 g/mol. The van der Waals surface area contributed by atoms with Crippen molar-refractivity contribution in [1.82, 2.24) is 0 Å². The molecule has 0 saturated heterocycles. The number of nitrogens with zero attached hydrogens (tertiary/aromatic N) is 2. The van der Waals surface area contributed by atoms with E-state index in [9.17, 15) is 0 Å². The summed E-state index contributed by atoms with van der Waals surface area (Å²) in [5, 5.41) is 0. The van der Waals surface area contributed by atoms with Crippen LogP contribution in [0.2, 0.25) is 0 Å². The van der Waals surface area contributed by atoms with Gasteiger partial charge >= 0.3 is 0 Å². The van der Waals surface area contributed by atoms with Gasteiger partial charge in [-0.1, -0.05) is 48.0 Å². The molecule has 0 unspecified atom stereocenters. The summed E-state index contributed by atoms with van der Waals surface area (Å²) in [7, 11) is 0. The van der Waals surface area contributed by atoms with Gasteiger partial charge in [0.25, 0.3) is 0 Å². The number of hydrogen-bond donors (Lipinski definition) is 0. The van der Waals surface area contributed by atoms with Gasteiger partial charge in [0.1, 0.15) is 6.67 Å². The summed E-state index contributed by atoms with van der Waals surface area (Å²) >= 11 is 0. The van der Waals surface area contributed by atoms with E-state index in [-0.39, 0.29) is 0 Å². The number of aryl methyl sites for hydroxylation is 1. The molecule has 1 heterocycles. The number of para-hydroxylation sites is 1. The lowest BCUT2D eigenvalue weighted by Gasteiger charge is -2.27. The molecule has 0 saturated carbocycles. The second-order valence-corrected chi connectivity index (χ2v) is 4.70. The van der Waals surface area contributed by atoms with E-state index in [0.29, 0.717) is 0 Å². The molecule has 1 aliphatic heterocycles. The molecule has 2 heteroatoms. The van der Waals surface area contributed by atoms with Gasteiger partial charge < -0.3 is 4.90 Å². The van der Waals surface area contributed by atoms with Crippen LogP contribution in [0.25, 0.3) is 0 Å². The monoisotopic (exact) mass is 236 g/mol. The van der Waals surface area contributed by atoms with Gasteiger partial charge in [-0.2, -0.15) is 0 Å². The molecule has 2 aromatic rings. The van der Waals surface area contributed by atoms with Crippen LogP contribution >= 0.6 is 0 Å². The highest BCUT2D eigenvalue weighted by Crippen LogP contribution is 2.23. The van der Waals surface area contributed by atoms with E-state index in [2.05, 4.69) is 65.3 Å². The largest absolute Gasteiger partial charge is 0.347 e. The zero-order valence-corrected chi connectivity index (χ0v) is 10.5. The summed E-state index contributed by atoms with van der Waals surface area (Å²) in [6.45, 7) is 3.77. The predicted molar refractivity (Wildman–Crippen MR) is 76.3 cm³/mol. The second-order valence-electron chi connectivity index (χ2n) is 4.70. The number of hydrogen-bond acceptors (Lipinski definition) is 2. The molecule has 18 heavy (non-hydrogen) atoms. The van der Waals surface area contributed by atoms with E-state index in [1.807, 2.05) is 6.21 Å². The molecule has 0 fully saturated rings. The van der Waals surface area contributed by atoms with Crippen molar-refractivity contribution in [2.45, 2.75) is 13.5 Å². The topological polar surface area (TPSA) is 15.6 Å². The fraction of sp³-hybridized carbons (Fsp3) is 0.188. The van der Waals surface area contributed by atoms with Gasteiger partial charge in [0, 0.05) is 24.0 Å². The van der Waals surface area contributed by atoms with E-state index in [1.165, 1.54) is 22.4 Å². The zero-order valence-electron chi connectivity index (χ0n) is 10.5. The molecular formula is C16H16N2. The SMILES string of the molecule is Cc1ccc(CN2CN=Cc3ccccc32)cc1. The van der Waals surface area contributed by atoms with Crippen molar-refractivity contribution in [3.8, 4) is 0 Å². The van der Waals surface area contributed by atoms with Gasteiger partial charge in [0.05, 0.1) is 0 Å². The lowest BCUT2D eigenvalue weighted by Crippen LogP contribution is -2.26. The molecule has 0 aromatic heterocycles. The molecule has 0 amide bonds. The zero-order chi connectivity index (χ0) is 12.4. The quantitative estimate of drug-likeness (QED) is 0.780. The van der Waals surface area contributed by atoms with Crippen molar-refractivity contribution in [1.29, 1.82) is 0 Å². The third-order valence-corrected chi connectivity index (χ3v) is 3.25. The molecule has 0 radical (unpaired) electrons. The van der Waals surface area contributed by atoms with Crippen molar-refractivity contribution in [2.75, 3.05) is 11.6 Å². The molecule has 0 atom stereocenters. The number of anilines is 1. The summed E-state index contributed by atoms with van der Waals surface area (Å²) in [5.74, 6) is 0. The molecule has 1 aliphatic rings. The Kier molecular flexibility index (Phi) is 2.85. The fourth-order valence-corrected chi connectivity index (χ4v) is 2.25. The minimum atomic E-state index is 0.741. The van der Waals surface area contributed by atoms with Crippen molar-refractivity contribution in [3.63, 3.8) is 0 Å². The maximum absolute atomic E-state index is 4.41. The van der Waals surface area contributed by atoms with Crippen molar-refractivity contribution < 1.29 is 0 Å². The second kappa shape index (κ2) is 4.65. The summed E-state index contributed by atoms with van der Waals surface area (Å²) in [4.78, 5) is 6.72. The van der Waals surface area contributed by atoms with E-state index in [0.717, 1.165) is 13.2 Å². The normalized spacial score (nSPS) is 13.5. The van der Waals surface area contributed by atoms with Crippen LogP contribution in [0.3, 0.4) is 0 Å².